The van der Waals surface area contributed by atoms with E-state index < -0.39 is 93.1 Å². The molecule has 4 atom stereocenters. The van der Waals surface area contributed by atoms with Crippen LogP contribution in [0, 0.1) is 17.8 Å². The third kappa shape index (κ3) is 4.91. The van der Waals surface area contributed by atoms with E-state index in [4.69, 9.17) is 5.73 Å². The molecule has 0 unspecified atom stereocenters. The van der Waals surface area contributed by atoms with Crippen molar-refractivity contribution in [2.24, 2.45) is 23.5 Å². The molecular formula is C30H36F3N3O7. The number of primary amides is 1. The number of Topliss-reactive ketones (excluding diaryl/α,β-unsaturated/α-hetero) is 2. The molecule has 5 rings (SSSR count). The number of aromatic hydroxyl groups is 1. The minimum absolute atomic E-state index is 0.0743. The monoisotopic (exact) mass is 607 g/mol. The van der Waals surface area contributed by atoms with Crippen molar-refractivity contribution in [3.05, 3.63) is 45.2 Å². The zero-order valence-electron chi connectivity index (χ0n) is 24.2. The number of carbonyl (C=O) groups is 3. The molecule has 0 spiro atoms. The minimum atomic E-state index is -4.87. The van der Waals surface area contributed by atoms with E-state index in [0.29, 0.717) is 19.0 Å². The van der Waals surface area contributed by atoms with Crippen LogP contribution in [0.15, 0.2) is 23.0 Å². The number of hydrogen-bond acceptors (Lipinski definition) is 9. The Labute approximate surface area is 246 Å². The number of alkyl halides is 3. The number of nitrogens with zero attached hydrogens (tertiary/aromatic N) is 2. The predicted octanol–water partition coefficient (Wildman–Crippen LogP) is 2.60. The predicted molar refractivity (Wildman–Crippen MR) is 148 cm³/mol. The molecule has 13 heteroatoms. The first kappa shape index (κ1) is 31.0. The molecule has 2 fully saturated rings. The Morgan fingerprint density at radius 1 is 1.16 bits per heavy atom. The number of likely N-dealkylation sites (N-methyl/N-ethyl adjacent to an activating group) is 1. The molecule has 1 amide bonds. The van der Waals surface area contributed by atoms with Gasteiger partial charge in [-0.2, -0.15) is 13.2 Å². The Kier molecular flexibility index (Phi) is 7.67. The zero-order valence-corrected chi connectivity index (χ0v) is 24.2. The van der Waals surface area contributed by atoms with Crippen LogP contribution in [0.4, 0.5) is 13.2 Å². The smallest absolute Gasteiger partial charge is 0.417 e. The number of benzene rings is 1. The second-order valence-electron chi connectivity index (χ2n) is 12.4. The molecule has 0 saturated heterocycles. The van der Waals surface area contributed by atoms with Crippen LogP contribution < -0.4 is 5.73 Å². The van der Waals surface area contributed by atoms with Crippen molar-refractivity contribution in [2.45, 2.75) is 63.4 Å². The van der Waals surface area contributed by atoms with Gasteiger partial charge in [0.05, 0.1) is 17.2 Å². The number of nitrogens with two attached hydrogens (primary N) is 1. The number of phenolic OH excluding ortho intramolecular Hbond substituents is 1. The average molecular weight is 608 g/mol. The number of ketones is 2. The Hall–Kier alpha value is -3.42. The summed E-state index contributed by atoms with van der Waals surface area (Å²) in [6.07, 6.45) is -2.86. The molecule has 6 N–H and O–H groups in total. The maximum absolute atomic E-state index is 14.8. The third-order valence-electron chi connectivity index (χ3n) is 9.24. The number of carbonyl (C=O) groups excluding carboxylic acids is 3. The lowest BCUT2D eigenvalue weighted by Crippen LogP contribution is -2.65. The molecule has 1 aromatic carbocycles. The summed E-state index contributed by atoms with van der Waals surface area (Å²) in [5.41, 5.74) is -1.12. The van der Waals surface area contributed by atoms with E-state index >= 15 is 0 Å². The molecule has 0 heterocycles. The second kappa shape index (κ2) is 10.6. The van der Waals surface area contributed by atoms with Crippen LogP contribution in [-0.2, 0) is 33.5 Å². The highest BCUT2D eigenvalue weighted by molar-refractivity contribution is 6.24. The lowest BCUT2D eigenvalue weighted by Gasteiger charge is -2.50. The molecule has 4 aliphatic rings. The van der Waals surface area contributed by atoms with Crippen LogP contribution in [0.3, 0.4) is 0 Å². The fourth-order valence-electron chi connectivity index (χ4n) is 7.32. The van der Waals surface area contributed by atoms with E-state index in [1.54, 1.807) is 0 Å². The van der Waals surface area contributed by atoms with Crippen molar-refractivity contribution in [1.82, 2.24) is 9.80 Å². The van der Waals surface area contributed by atoms with Crippen molar-refractivity contribution in [3.8, 4) is 5.75 Å². The largest absolute Gasteiger partial charge is 0.508 e. The molecule has 0 aliphatic heterocycles. The van der Waals surface area contributed by atoms with Crippen molar-refractivity contribution in [1.29, 1.82) is 0 Å². The van der Waals surface area contributed by atoms with Gasteiger partial charge in [-0.15, -0.1) is 0 Å². The summed E-state index contributed by atoms with van der Waals surface area (Å²) in [6.45, 7) is 3.04. The third-order valence-corrected chi connectivity index (χ3v) is 9.24. The molecule has 4 aliphatic carbocycles. The summed E-state index contributed by atoms with van der Waals surface area (Å²) in [7, 11) is 2.90. The number of aliphatic hydroxyl groups excluding tert-OH is 2. The maximum atomic E-state index is 14.8. The maximum Gasteiger partial charge on any atom is 0.417 e. The Bertz CT molecular complexity index is 1460. The molecular weight excluding hydrogens is 571 g/mol. The van der Waals surface area contributed by atoms with Gasteiger partial charge in [-0.3, -0.25) is 24.2 Å². The number of halogens is 3. The first-order chi connectivity index (χ1) is 20.0. The topological polar surface area (TPSA) is 165 Å². The van der Waals surface area contributed by atoms with Gasteiger partial charge < -0.3 is 26.2 Å². The van der Waals surface area contributed by atoms with Crippen LogP contribution >= 0.6 is 0 Å². The Morgan fingerprint density at radius 3 is 2.35 bits per heavy atom. The van der Waals surface area contributed by atoms with Crippen LogP contribution in [0.5, 0.6) is 5.75 Å². The summed E-state index contributed by atoms with van der Waals surface area (Å²) in [4.78, 5) is 42.5. The lowest BCUT2D eigenvalue weighted by atomic mass is 9.57. The van der Waals surface area contributed by atoms with Crippen LogP contribution in [0.25, 0.3) is 5.76 Å². The standard InChI is InChI=1S/C30H36F3N3O7/c1-4-7-36(11-13-5-6-13)12-15-10-18(37)20-16(22(15)30(31,32)33)8-14-9-17-23(35(2)3)25(39)21(28(34)42)27(41)29(17,43)26(40)19(14)24(20)38/h10,13-14,17,23,37-38,41,43H,4-9,11-12H2,1-3H3,(H2,34,42)/t14-,17-,23-,29-/m0/s1. The van der Waals surface area contributed by atoms with Gasteiger partial charge in [-0.1, -0.05) is 6.92 Å². The molecule has 2 saturated carbocycles. The fraction of sp³-hybridized carbons (Fsp3) is 0.567. The summed E-state index contributed by atoms with van der Waals surface area (Å²) in [5, 5.41) is 44.9. The fourth-order valence-corrected chi connectivity index (χ4v) is 7.32. The SMILES string of the molecule is CCCN(Cc1cc(O)c2c(c1C(F)(F)F)C[C@H]1C[C@H]3[C@H](N(C)C)C(=O)C(C(N)=O)=C(O)[C@@]3(O)C(=O)C1=C2O)CC1CC1. The van der Waals surface area contributed by atoms with Crippen LogP contribution in [0.2, 0.25) is 0 Å². The number of hydrogen-bond donors (Lipinski definition) is 5. The van der Waals surface area contributed by atoms with Crippen molar-refractivity contribution in [2.75, 3.05) is 27.2 Å². The molecule has 43 heavy (non-hydrogen) atoms. The van der Waals surface area contributed by atoms with Crippen molar-refractivity contribution < 1.29 is 48.0 Å². The highest BCUT2D eigenvalue weighted by Gasteiger charge is 2.64. The van der Waals surface area contributed by atoms with Gasteiger partial charge in [0.25, 0.3) is 5.91 Å². The van der Waals surface area contributed by atoms with E-state index in [2.05, 4.69) is 0 Å². The highest BCUT2D eigenvalue weighted by atomic mass is 19.4. The van der Waals surface area contributed by atoms with E-state index in [1.165, 1.54) is 19.0 Å². The molecule has 0 aromatic heterocycles. The van der Waals surface area contributed by atoms with Gasteiger partial charge in [0, 0.05) is 24.6 Å². The van der Waals surface area contributed by atoms with Gasteiger partial charge in [0.1, 0.15) is 22.8 Å². The molecule has 0 radical (unpaired) electrons. The first-order valence-corrected chi connectivity index (χ1v) is 14.4. The molecule has 234 valence electrons. The van der Waals surface area contributed by atoms with Gasteiger partial charge in [-0.05, 0) is 81.8 Å². The molecule has 1 aromatic rings. The van der Waals surface area contributed by atoms with E-state index in [1.807, 2.05) is 11.8 Å². The van der Waals surface area contributed by atoms with Gasteiger partial charge >= 0.3 is 6.18 Å². The van der Waals surface area contributed by atoms with E-state index in [9.17, 15) is 48.0 Å². The Balaban J connectivity index is 1.68. The lowest BCUT2D eigenvalue weighted by molar-refractivity contribution is -0.153. The van der Waals surface area contributed by atoms with E-state index in [0.717, 1.165) is 25.3 Å². The first-order valence-electron chi connectivity index (χ1n) is 14.4. The van der Waals surface area contributed by atoms with Crippen molar-refractivity contribution in [3.63, 3.8) is 0 Å². The number of fused-ring (bicyclic) bond motifs is 3. The van der Waals surface area contributed by atoms with E-state index in [-0.39, 0.29) is 24.1 Å². The van der Waals surface area contributed by atoms with Gasteiger partial charge in [-0.25, -0.2) is 0 Å². The number of rotatable bonds is 8. The highest BCUT2D eigenvalue weighted by Crippen LogP contribution is 2.54. The summed E-state index contributed by atoms with van der Waals surface area (Å²) < 4.78 is 44.4. The zero-order chi connectivity index (χ0) is 31.8. The van der Waals surface area contributed by atoms with Gasteiger partial charge in [0.15, 0.2) is 11.4 Å². The minimum Gasteiger partial charge on any atom is -0.508 e. The number of phenols is 1. The summed E-state index contributed by atoms with van der Waals surface area (Å²) in [6, 6.07) is -0.368. The summed E-state index contributed by atoms with van der Waals surface area (Å²) >= 11 is 0. The van der Waals surface area contributed by atoms with Gasteiger partial charge in [0.2, 0.25) is 5.78 Å². The van der Waals surface area contributed by atoms with Crippen LogP contribution in [-0.4, -0.2) is 86.5 Å². The van der Waals surface area contributed by atoms with Crippen LogP contribution in [0.1, 0.15) is 54.9 Å². The second-order valence-corrected chi connectivity index (χ2v) is 12.4. The quantitative estimate of drug-likeness (QED) is 0.280. The number of amides is 1. The normalized spacial score (nSPS) is 27.5. The Morgan fingerprint density at radius 2 is 1.81 bits per heavy atom. The van der Waals surface area contributed by atoms with Crippen molar-refractivity contribution >= 4 is 23.2 Å². The number of aliphatic hydroxyl groups is 3. The summed E-state index contributed by atoms with van der Waals surface area (Å²) in [5.74, 6) is -8.52. The average Bonchev–Trinajstić information content (AvgIpc) is 3.69. The molecule has 10 nitrogen and oxygen atoms in total. The molecule has 0 bridgehead atoms.